The van der Waals surface area contributed by atoms with Crippen molar-refractivity contribution in [2.24, 2.45) is 0 Å². The number of aliphatic hydroxyl groups excluding tert-OH is 1. The summed E-state index contributed by atoms with van der Waals surface area (Å²) in [6, 6.07) is 5.66. The van der Waals surface area contributed by atoms with E-state index in [0.717, 1.165) is 16.3 Å². The van der Waals surface area contributed by atoms with Crippen LogP contribution in [0.5, 0.6) is 5.75 Å². The third kappa shape index (κ3) is 4.39. The number of hydrogen-bond acceptors (Lipinski definition) is 3. The van der Waals surface area contributed by atoms with Crippen molar-refractivity contribution in [3.8, 4) is 5.75 Å². The number of halogens is 1. The average Bonchev–Trinajstić information content (AvgIpc) is 2.26. The van der Waals surface area contributed by atoms with Crippen LogP contribution in [-0.2, 0) is 0 Å². The molecule has 0 aliphatic carbocycles. The van der Waals surface area contributed by atoms with Crippen LogP contribution in [0.1, 0.15) is 12.5 Å². The lowest BCUT2D eigenvalue weighted by atomic mass is 10.2. The first-order valence-electron chi connectivity index (χ1n) is 5.36. The zero-order valence-corrected chi connectivity index (χ0v) is 10.4. The summed E-state index contributed by atoms with van der Waals surface area (Å²) >= 11 is 5.84. The third-order valence-corrected chi connectivity index (χ3v) is 2.50. The lowest BCUT2D eigenvalue weighted by Gasteiger charge is -2.12. The van der Waals surface area contributed by atoms with Crippen LogP contribution in [0.25, 0.3) is 0 Å². The van der Waals surface area contributed by atoms with Gasteiger partial charge in [-0.1, -0.05) is 11.6 Å². The molecule has 4 heteroatoms. The molecule has 0 heterocycles. The van der Waals surface area contributed by atoms with Crippen LogP contribution in [-0.4, -0.2) is 30.9 Å². The lowest BCUT2D eigenvalue weighted by molar-refractivity contribution is 0.239. The predicted octanol–water partition coefficient (Wildman–Crippen LogP) is 2.00. The number of ether oxygens (including phenoxy) is 1. The fraction of sp³-hybridized carbons (Fsp3) is 0.500. The molecule has 0 bridgehead atoms. The van der Waals surface area contributed by atoms with Crippen molar-refractivity contribution in [1.82, 2.24) is 5.32 Å². The Labute approximate surface area is 101 Å². The maximum atomic E-state index is 8.81. The van der Waals surface area contributed by atoms with Crippen molar-refractivity contribution in [2.75, 3.05) is 19.8 Å². The molecule has 16 heavy (non-hydrogen) atoms. The second-order valence-electron chi connectivity index (χ2n) is 3.80. The fourth-order valence-electron chi connectivity index (χ4n) is 1.31. The monoisotopic (exact) mass is 243 g/mol. The van der Waals surface area contributed by atoms with Crippen molar-refractivity contribution in [3.05, 3.63) is 28.8 Å². The number of rotatable bonds is 6. The molecule has 1 rings (SSSR count). The summed E-state index contributed by atoms with van der Waals surface area (Å²) in [5.74, 6) is 0.850. The van der Waals surface area contributed by atoms with Gasteiger partial charge in [0, 0.05) is 17.6 Å². The Kier molecular flexibility index (Phi) is 5.60. The Bertz CT molecular complexity index is 331. The average molecular weight is 244 g/mol. The lowest BCUT2D eigenvalue weighted by Crippen LogP contribution is -2.32. The molecule has 1 unspecified atom stereocenters. The van der Waals surface area contributed by atoms with Crippen LogP contribution in [0, 0.1) is 6.92 Å². The molecule has 90 valence electrons. The van der Waals surface area contributed by atoms with Gasteiger partial charge in [-0.2, -0.15) is 0 Å². The molecule has 1 aromatic carbocycles. The van der Waals surface area contributed by atoms with Gasteiger partial charge in [-0.15, -0.1) is 0 Å². The first-order valence-corrected chi connectivity index (χ1v) is 5.74. The number of benzene rings is 1. The molecular weight excluding hydrogens is 226 g/mol. The van der Waals surface area contributed by atoms with Crippen LogP contribution in [0.4, 0.5) is 0 Å². The van der Waals surface area contributed by atoms with E-state index in [1.54, 1.807) is 0 Å². The Morgan fingerprint density at radius 3 is 2.88 bits per heavy atom. The van der Waals surface area contributed by atoms with E-state index >= 15 is 0 Å². The van der Waals surface area contributed by atoms with Gasteiger partial charge in [0.2, 0.25) is 0 Å². The van der Waals surface area contributed by atoms with Crippen molar-refractivity contribution in [3.63, 3.8) is 0 Å². The molecule has 1 atom stereocenters. The van der Waals surface area contributed by atoms with Gasteiger partial charge in [-0.25, -0.2) is 0 Å². The van der Waals surface area contributed by atoms with Gasteiger partial charge in [0.1, 0.15) is 12.4 Å². The summed E-state index contributed by atoms with van der Waals surface area (Å²) in [5.41, 5.74) is 1.03. The van der Waals surface area contributed by atoms with Gasteiger partial charge in [0.25, 0.3) is 0 Å². The molecule has 0 radical (unpaired) electrons. The molecule has 0 aromatic heterocycles. The highest BCUT2D eigenvalue weighted by Gasteiger charge is 2.01. The first-order chi connectivity index (χ1) is 7.63. The number of hydrogen-bond donors (Lipinski definition) is 2. The summed E-state index contributed by atoms with van der Waals surface area (Å²) in [4.78, 5) is 0. The summed E-state index contributed by atoms with van der Waals surface area (Å²) in [6.07, 6.45) is 0. The summed E-state index contributed by atoms with van der Waals surface area (Å²) in [7, 11) is 0. The van der Waals surface area contributed by atoms with Crippen molar-refractivity contribution in [2.45, 2.75) is 19.9 Å². The van der Waals surface area contributed by atoms with E-state index in [0.29, 0.717) is 13.2 Å². The third-order valence-electron chi connectivity index (χ3n) is 2.26. The molecule has 0 aliphatic heterocycles. The SMILES string of the molecule is Cc1cc(Cl)ccc1OCCNC(C)CO. The molecule has 0 saturated carbocycles. The summed E-state index contributed by atoms with van der Waals surface area (Å²) in [6.45, 7) is 5.31. The quantitative estimate of drug-likeness (QED) is 0.751. The summed E-state index contributed by atoms with van der Waals surface area (Å²) < 4.78 is 5.58. The highest BCUT2D eigenvalue weighted by Crippen LogP contribution is 2.21. The molecule has 0 fully saturated rings. The van der Waals surface area contributed by atoms with Crippen molar-refractivity contribution in [1.29, 1.82) is 0 Å². The van der Waals surface area contributed by atoms with Gasteiger partial charge >= 0.3 is 0 Å². The Hall–Kier alpha value is -0.770. The van der Waals surface area contributed by atoms with Gasteiger partial charge in [0.05, 0.1) is 6.61 Å². The topological polar surface area (TPSA) is 41.5 Å². The van der Waals surface area contributed by atoms with E-state index in [4.69, 9.17) is 21.4 Å². The molecule has 3 nitrogen and oxygen atoms in total. The van der Waals surface area contributed by atoms with Crippen LogP contribution in [0.15, 0.2) is 18.2 Å². The number of aliphatic hydroxyl groups is 1. The minimum atomic E-state index is 0.106. The first kappa shape index (κ1) is 13.3. The fourth-order valence-corrected chi connectivity index (χ4v) is 1.53. The highest BCUT2D eigenvalue weighted by molar-refractivity contribution is 6.30. The minimum absolute atomic E-state index is 0.106. The Balaban J connectivity index is 2.32. The van der Waals surface area contributed by atoms with Crippen LogP contribution in [0.3, 0.4) is 0 Å². The molecule has 0 saturated heterocycles. The normalized spacial score (nSPS) is 12.5. The molecule has 1 aromatic rings. The van der Waals surface area contributed by atoms with E-state index in [1.165, 1.54) is 0 Å². The maximum Gasteiger partial charge on any atom is 0.122 e. The molecule has 0 aliphatic rings. The van der Waals surface area contributed by atoms with Crippen LogP contribution in [0.2, 0.25) is 5.02 Å². The van der Waals surface area contributed by atoms with Crippen LogP contribution < -0.4 is 10.1 Å². The van der Waals surface area contributed by atoms with Gasteiger partial charge in [0.15, 0.2) is 0 Å². The van der Waals surface area contributed by atoms with E-state index in [1.807, 2.05) is 32.0 Å². The van der Waals surface area contributed by atoms with E-state index in [2.05, 4.69) is 5.32 Å². The smallest absolute Gasteiger partial charge is 0.122 e. The maximum absolute atomic E-state index is 8.81. The van der Waals surface area contributed by atoms with E-state index in [9.17, 15) is 0 Å². The van der Waals surface area contributed by atoms with Gasteiger partial charge in [-0.3, -0.25) is 0 Å². The molecule has 0 amide bonds. The van der Waals surface area contributed by atoms with Crippen molar-refractivity contribution >= 4 is 11.6 Å². The summed E-state index contributed by atoms with van der Waals surface area (Å²) in [5, 5.41) is 12.7. The second-order valence-corrected chi connectivity index (χ2v) is 4.23. The zero-order valence-electron chi connectivity index (χ0n) is 9.66. The number of nitrogens with one attached hydrogen (secondary N) is 1. The van der Waals surface area contributed by atoms with Crippen LogP contribution >= 0.6 is 11.6 Å². The molecule has 2 N–H and O–H groups in total. The standard InChI is InChI=1S/C12H18ClNO2/c1-9-7-11(13)3-4-12(9)16-6-5-14-10(2)8-15/h3-4,7,10,14-15H,5-6,8H2,1-2H3. The number of aryl methyl sites for hydroxylation is 1. The van der Waals surface area contributed by atoms with E-state index in [-0.39, 0.29) is 12.6 Å². The Morgan fingerprint density at radius 1 is 1.50 bits per heavy atom. The highest BCUT2D eigenvalue weighted by atomic mass is 35.5. The largest absolute Gasteiger partial charge is 0.492 e. The van der Waals surface area contributed by atoms with Crippen molar-refractivity contribution < 1.29 is 9.84 Å². The molecule has 0 spiro atoms. The second kappa shape index (κ2) is 6.74. The van der Waals surface area contributed by atoms with Gasteiger partial charge in [-0.05, 0) is 37.6 Å². The predicted molar refractivity (Wildman–Crippen MR) is 66.2 cm³/mol. The Morgan fingerprint density at radius 2 is 2.25 bits per heavy atom. The molecular formula is C12H18ClNO2. The zero-order chi connectivity index (χ0) is 12.0. The minimum Gasteiger partial charge on any atom is -0.492 e. The van der Waals surface area contributed by atoms with Gasteiger partial charge < -0.3 is 15.2 Å². The van der Waals surface area contributed by atoms with E-state index < -0.39 is 0 Å².